The number of likely N-dealkylation sites (tertiary alicyclic amines) is 1. The third-order valence-electron chi connectivity index (χ3n) is 3.27. The van der Waals surface area contributed by atoms with Crippen LogP contribution in [-0.4, -0.2) is 55.0 Å². The minimum atomic E-state index is 0.0609. The van der Waals surface area contributed by atoms with E-state index in [9.17, 15) is 9.59 Å². The number of carbonyl (C=O) groups excluding carboxylic acids is 2. The summed E-state index contributed by atoms with van der Waals surface area (Å²) >= 11 is 0. The molecule has 5 heteroatoms. The maximum absolute atomic E-state index is 11.7. The first-order chi connectivity index (χ1) is 8.54. The molecular formula is C13H25N3O2. The second kappa shape index (κ2) is 7.24. The fourth-order valence-electron chi connectivity index (χ4n) is 2.14. The lowest BCUT2D eigenvalue weighted by molar-refractivity contribution is -0.122. The Morgan fingerprint density at radius 2 is 1.89 bits per heavy atom. The maximum Gasteiger partial charge on any atom is 0.319 e. The van der Waals surface area contributed by atoms with E-state index in [0.29, 0.717) is 6.42 Å². The molecule has 1 aliphatic heterocycles. The molecule has 0 aromatic heterocycles. The molecule has 0 spiro atoms. The molecule has 5 nitrogen and oxygen atoms in total. The van der Waals surface area contributed by atoms with Crippen LogP contribution in [0.3, 0.4) is 0 Å². The quantitative estimate of drug-likeness (QED) is 0.826. The summed E-state index contributed by atoms with van der Waals surface area (Å²) in [6, 6.07) is 0.298. The molecule has 0 atom stereocenters. The average Bonchev–Trinajstić information content (AvgIpc) is 2.36. The number of amides is 3. The van der Waals surface area contributed by atoms with Crippen molar-refractivity contribution in [3.8, 4) is 0 Å². The third-order valence-corrected chi connectivity index (χ3v) is 3.27. The van der Waals surface area contributed by atoms with Crippen molar-refractivity contribution in [3.63, 3.8) is 0 Å². The molecule has 1 heterocycles. The monoisotopic (exact) mass is 255 g/mol. The summed E-state index contributed by atoms with van der Waals surface area (Å²) < 4.78 is 0. The molecule has 18 heavy (non-hydrogen) atoms. The molecular weight excluding hydrogens is 230 g/mol. The average molecular weight is 255 g/mol. The van der Waals surface area contributed by atoms with Crippen LogP contribution in [0.25, 0.3) is 0 Å². The number of carbonyl (C=O) groups is 2. The maximum atomic E-state index is 11.7. The van der Waals surface area contributed by atoms with E-state index in [2.05, 4.69) is 12.2 Å². The van der Waals surface area contributed by atoms with E-state index in [1.165, 1.54) is 0 Å². The molecule has 0 aromatic carbocycles. The summed E-state index contributed by atoms with van der Waals surface area (Å²) in [5.41, 5.74) is 0. The predicted octanol–water partition coefficient (Wildman–Crippen LogP) is 1.44. The van der Waals surface area contributed by atoms with E-state index in [4.69, 9.17) is 0 Å². The van der Waals surface area contributed by atoms with Crippen molar-refractivity contribution in [3.05, 3.63) is 0 Å². The zero-order valence-electron chi connectivity index (χ0n) is 11.7. The first-order valence-corrected chi connectivity index (χ1v) is 6.80. The van der Waals surface area contributed by atoms with Crippen LogP contribution in [0.1, 0.15) is 39.0 Å². The fraction of sp³-hybridized carbons (Fsp3) is 0.846. The highest BCUT2D eigenvalue weighted by Gasteiger charge is 2.24. The van der Waals surface area contributed by atoms with Crippen molar-refractivity contribution in [2.45, 2.75) is 45.1 Å². The van der Waals surface area contributed by atoms with Gasteiger partial charge in [-0.25, -0.2) is 4.79 Å². The smallest absolute Gasteiger partial charge is 0.319 e. The van der Waals surface area contributed by atoms with Crippen LogP contribution in [0.5, 0.6) is 0 Å². The van der Waals surface area contributed by atoms with Gasteiger partial charge in [-0.2, -0.15) is 0 Å². The number of nitrogens with zero attached hydrogens (tertiary/aromatic N) is 2. The van der Waals surface area contributed by atoms with Gasteiger partial charge in [0.05, 0.1) is 0 Å². The molecule has 0 radical (unpaired) electrons. The molecule has 0 aliphatic carbocycles. The van der Waals surface area contributed by atoms with Gasteiger partial charge in [0.1, 0.15) is 0 Å². The minimum absolute atomic E-state index is 0.0609. The van der Waals surface area contributed by atoms with Crippen molar-refractivity contribution in [2.75, 3.05) is 27.2 Å². The summed E-state index contributed by atoms with van der Waals surface area (Å²) in [7, 11) is 3.53. The normalized spacial score (nSPS) is 16.5. The summed E-state index contributed by atoms with van der Waals surface area (Å²) in [4.78, 5) is 26.8. The minimum Gasteiger partial charge on any atom is -0.353 e. The largest absolute Gasteiger partial charge is 0.353 e. The summed E-state index contributed by atoms with van der Waals surface area (Å²) in [6.07, 6.45) is 4.33. The van der Waals surface area contributed by atoms with E-state index in [1.54, 1.807) is 19.0 Å². The fourth-order valence-corrected chi connectivity index (χ4v) is 2.14. The SMILES string of the molecule is CCCCC(=O)NC1CCN(C(=O)N(C)C)CC1. The third kappa shape index (κ3) is 4.55. The highest BCUT2D eigenvalue weighted by molar-refractivity contribution is 5.76. The molecule has 3 amide bonds. The molecule has 1 fully saturated rings. The van der Waals surface area contributed by atoms with E-state index < -0.39 is 0 Å². The lowest BCUT2D eigenvalue weighted by Gasteiger charge is -2.33. The Morgan fingerprint density at radius 3 is 2.39 bits per heavy atom. The topological polar surface area (TPSA) is 52.7 Å². The standard InChI is InChI=1S/C13H25N3O2/c1-4-5-6-12(17)14-11-7-9-16(10-8-11)13(18)15(2)3/h11H,4-10H2,1-3H3,(H,14,17). The van der Waals surface area contributed by atoms with E-state index >= 15 is 0 Å². The lowest BCUT2D eigenvalue weighted by Crippen LogP contribution is -2.49. The highest BCUT2D eigenvalue weighted by Crippen LogP contribution is 2.12. The van der Waals surface area contributed by atoms with Crippen LogP contribution in [0.2, 0.25) is 0 Å². The van der Waals surface area contributed by atoms with Crippen molar-refractivity contribution < 1.29 is 9.59 Å². The molecule has 1 N–H and O–H groups in total. The van der Waals surface area contributed by atoms with Gasteiger partial charge in [0, 0.05) is 39.6 Å². The molecule has 0 bridgehead atoms. The Kier molecular flexibility index (Phi) is 5.95. The summed E-state index contributed by atoms with van der Waals surface area (Å²) in [5.74, 6) is 0.147. The number of hydrogen-bond donors (Lipinski definition) is 1. The van der Waals surface area contributed by atoms with E-state index in [0.717, 1.165) is 38.8 Å². The van der Waals surface area contributed by atoms with Gasteiger partial charge in [0.2, 0.25) is 5.91 Å². The number of piperidine rings is 1. The zero-order chi connectivity index (χ0) is 13.5. The second-order valence-electron chi connectivity index (χ2n) is 5.11. The van der Waals surface area contributed by atoms with Crippen molar-refractivity contribution in [2.24, 2.45) is 0 Å². The van der Waals surface area contributed by atoms with Crippen LogP contribution in [0.4, 0.5) is 4.79 Å². The lowest BCUT2D eigenvalue weighted by atomic mass is 10.0. The Bertz CT molecular complexity index is 284. The van der Waals surface area contributed by atoms with Crippen molar-refractivity contribution in [1.82, 2.24) is 15.1 Å². The van der Waals surface area contributed by atoms with Crippen LogP contribution in [-0.2, 0) is 4.79 Å². The van der Waals surface area contributed by atoms with Crippen LogP contribution in [0, 0.1) is 0 Å². The molecule has 0 aromatic rings. The molecule has 0 unspecified atom stereocenters. The molecule has 1 aliphatic rings. The van der Waals surface area contributed by atoms with E-state index in [1.807, 2.05) is 4.90 Å². The van der Waals surface area contributed by atoms with Crippen molar-refractivity contribution >= 4 is 11.9 Å². The highest BCUT2D eigenvalue weighted by atomic mass is 16.2. The van der Waals surface area contributed by atoms with Crippen LogP contribution in [0.15, 0.2) is 0 Å². The van der Waals surface area contributed by atoms with Gasteiger partial charge in [-0.3, -0.25) is 4.79 Å². The zero-order valence-corrected chi connectivity index (χ0v) is 11.7. The van der Waals surface area contributed by atoms with Gasteiger partial charge in [-0.05, 0) is 19.3 Å². The summed E-state index contributed by atoms with van der Waals surface area (Å²) in [5, 5.41) is 3.05. The van der Waals surface area contributed by atoms with Gasteiger partial charge in [-0.1, -0.05) is 13.3 Å². The van der Waals surface area contributed by atoms with E-state index in [-0.39, 0.29) is 18.0 Å². The predicted molar refractivity (Wildman–Crippen MR) is 71.3 cm³/mol. The number of rotatable bonds is 4. The van der Waals surface area contributed by atoms with Gasteiger partial charge < -0.3 is 15.1 Å². The Hall–Kier alpha value is -1.26. The molecule has 1 rings (SSSR count). The van der Waals surface area contributed by atoms with Crippen molar-refractivity contribution in [1.29, 1.82) is 0 Å². The first-order valence-electron chi connectivity index (χ1n) is 6.80. The molecule has 104 valence electrons. The van der Waals surface area contributed by atoms with Gasteiger partial charge in [0.25, 0.3) is 0 Å². The Labute approximate surface area is 110 Å². The number of nitrogens with one attached hydrogen (secondary N) is 1. The number of unbranched alkanes of at least 4 members (excludes halogenated alkanes) is 1. The Balaban J connectivity index is 2.27. The van der Waals surface area contributed by atoms with Gasteiger partial charge >= 0.3 is 6.03 Å². The molecule has 0 saturated carbocycles. The van der Waals surface area contributed by atoms with Gasteiger partial charge in [0.15, 0.2) is 0 Å². The van der Waals surface area contributed by atoms with Gasteiger partial charge in [-0.15, -0.1) is 0 Å². The van der Waals surface area contributed by atoms with Crippen LogP contribution < -0.4 is 5.32 Å². The van der Waals surface area contributed by atoms with Crippen LogP contribution >= 0.6 is 0 Å². The Morgan fingerprint density at radius 1 is 1.28 bits per heavy atom. The molecule has 1 saturated heterocycles. The summed E-state index contributed by atoms with van der Waals surface area (Å²) in [6.45, 7) is 3.55. The number of urea groups is 1. The second-order valence-corrected chi connectivity index (χ2v) is 5.11. The first kappa shape index (κ1) is 14.8. The number of hydrogen-bond acceptors (Lipinski definition) is 2.